The third-order valence-corrected chi connectivity index (χ3v) is 5.25. The zero-order valence-corrected chi connectivity index (χ0v) is 15.9. The van der Waals surface area contributed by atoms with Crippen molar-refractivity contribution >= 4 is 23.3 Å². The molecule has 0 atom stereocenters. The number of para-hydroxylation sites is 2. The Morgan fingerprint density at radius 1 is 1.10 bits per heavy atom. The number of nitrogens with one attached hydrogen (secondary N) is 1. The van der Waals surface area contributed by atoms with E-state index in [0.717, 1.165) is 18.4 Å². The molecule has 2 aromatic carbocycles. The molecule has 3 rings (SSSR count). The van der Waals surface area contributed by atoms with Crippen molar-refractivity contribution in [3.63, 3.8) is 0 Å². The van der Waals surface area contributed by atoms with Crippen molar-refractivity contribution in [2.24, 2.45) is 5.92 Å². The summed E-state index contributed by atoms with van der Waals surface area (Å²) in [5, 5.41) is 23.2. The van der Waals surface area contributed by atoms with E-state index in [9.17, 15) is 24.8 Å². The normalized spacial score (nSPS) is 14.4. The average Bonchev–Trinajstić information content (AvgIpc) is 2.73. The smallest absolute Gasteiger partial charge is 0.335 e. The number of nitrogens with zero attached hydrogens (tertiary/aromatic N) is 2. The second-order valence-electron chi connectivity index (χ2n) is 7.12. The highest BCUT2D eigenvalue weighted by Crippen LogP contribution is 2.25. The molecule has 0 spiro atoms. The molecule has 8 heteroatoms. The molecular formula is C21H23N3O5. The first-order valence-corrected chi connectivity index (χ1v) is 9.52. The van der Waals surface area contributed by atoms with Crippen LogP contribution in [0.2, 0.25) is 0 Å². The topological polar surface area (TPSA) is 113 Å². The van der Waals surface area contributed by atoms with Crippen LogP contribution in [-0.4, -0.2) is 46.4 Å². The molecule has 1 amide bonds. The van der Waals surface area contributed by atoms with E-state index in [4.69, 9.17) is 0 Å². The first-order chi connectivity index (χ1) is 14.0. The molecule has 0 aliphatic carbocycles. The van der Waals surface area contributed by atoms with Crippen LogP contribution in [0.4, 0.5) is 11.4 Å². The van der Waals surface area contributed by atoms with Gasteiger partial charge in [-0.3, -0.25) is 14.9 Å². The number of amides is 1. The maximum Gasteiger partial charge on any atom is 0.335 e. The highest BCUT2D eigenvalue weighted by molar-refractivity contribution is 5.89. The minimum absolute atomic E-state index is 0.00261. The van der Waals surface area contributed by atoms with Gasteiger partial charge in [0, 0.05) is 19.2 Å². The number of carboxylic acids is 1. The molecule has 1 fully saturated rings. The number of rotatable bonds is 7. The number of carboxylic acid groups (broad SMARTS) is 1. The van der Waals surface area contributed by atoms with Gasteiger partial charge >= 0.3 is 5.97 Å². The molecule has 1 saturated heterocycles. The minimum atomic E-state index is -0.922. The number of aromatic carboxylic acids is 1. The lowest BCUT2D eigenvalue weighted by molar-refractivity contribution is -0.383. The zero-order valence-electron chi connectivity index (χ0n) is 15.9. The predicted octanol–water partition coefficient (Wildman–Crippen LogP) is 3.19. The third kappa shape index (κ3) is 5.10. The van der Waals surface area contributed by atoms with Gasteiger partial charge in [-0.2, -0.15) is 0 Å². The number of piperidine rings is 1. The molecule has 152 valence electrons. The highest BCUT2D eigenvalue weighted by atomic mass is 16.6. The van der Waals surface area contributed by atoms with Gasteiger partial charge in [-0.1, -0.05) is 30.3 Å². The Morgan fingerprint density at radius 2 is 1.76 bits per heavy atom. The standard InChI is InChI=1S/C21H23N3O5/c25-20(14-22-18-7-3-4-8-19(18)24(28)29)23-11-9-15(10-12-23)13-16-5-1-2-6-17(16)21(26)27/h1-8,15,22H,9-14H2,(H,26,27). The Morgan fingerprint density at radius 3 is 2.45 bits per heavy atom. The molecule has 0 radical (unpaired) electrons. The van der Waals surface area contributed by atoms with Gasteiger partial charge in [0.25, 0.3) is 5.69 Å². The molecule has 0 saturated carbocycles. The summed E-state index contributed by atoms with van der Waals surface area (Å²) < 4.78 is 0. The van der Waals surface area contributed by atoms with Crippen molar-refractivity contribution in [1.29, 1.82) is 0 Å². The molecule has 1 aliphatic heterocycles. The summed E-state index contributed by atoms with van der Waals surface area (Å²) in [6.45, 7) is 1.19. The van der Waals surface area contributed by atoms with Crippen LogP contribution in [0.15, 0.2) is 48.5 Å². The van der Waals surface area contributed by atoms with Gasteiger partial charge in [-0.05, 0) is 42.9 Å². The summed E-state index contributed by atoms with van der Waals surface area (Å²) >= 11 is 0. The lowest BCUT2D eigenvalue weighted by Crippen LogP contribution is -2.41. The number of hydrogen-bond acceptors (Lipinski definition) is 5. The molecule has 8 nitrogen and oxygen atoms in total. The van der Waals surface area contributed by atoms with E-state index < -0.39 is 10.9 Å². The van der Waals surface area contributed by atoms with Gasteiger partial charge in [0.15, 0.2) is 0 Å². The fourth-order valence-corrected chi connectivity index (χ4v) is 3.67. The van der Waals surface area contributed by atoms with Gasteiger partial charge in [0.05, 0.1) is 17.0 Å². The van der Waals surface area contributed by atoms with Gasteiger partial charge in [-0.15, -0.1) is 0 Å². The van der Waals surface area contributed by atoms with Gasteiger partial charge < -0.3 is 15.3 Å². The number of carbonyl (C=O) groups excluding carboxylic acids is 1. The summed E-state index contributed by atoms with van der Waals surface area (Å²) in [6, 6.07) is 13.3. The average molecular weight is 397 g/mol. The fraction of sp³-hybridized carbons (Fsp3) is 0.333. The van der Waals surface area contributed by atoms with Crippen LogP contribution >= 0.6 is 0 Å². The van der Waals surface area contributed by atoms with Crippen LogP contribution in [0.1, 0.15) is 28.8 Å². The number of nitro groups is 1. The molecule has 0 bridgehead atoms. The van der Waals surface area contributed by atoms with Crippen molar-refractivity contribution in [1.82, 2.24) is 4.90 Å². The molecular weight excluding hydrogens is 374 g/mol. The minimum Gasteiger partial charge on any atom is -0.478 e. The van der Waals surface area contributed by atoms with Crippen molar-refractivity contribution in [2.45, 2.75) is 19.3 Å². The number of anilines is 1. The van der Waals surface area contributed by atoms with Crippen molar-refractivity contribution in [2.75, 3.05) is 25.0 Å². The number of likely N-dealkylation sites (tertiary alicyclic amines) is 1. The maximum atomic E-state index is 12.5. The summed E-state index contributed by atoms with van der Waals surface area (Å²) in [6.07, 6.45) is 2.27. The van der Waals surface area contributed by atoms with E-state index in [1.165, 1.54) is 6.07 Å². The summed E-state index contributed by atoms with van der Waals surface area (Å²) in [5.41, 5.74) is 1.42. The van der Waals surface area contributed by atoms with Gasteiger partial charge in [0.1, 0.15) is 5.69 Å². The SMILES string of the molecule is O=C(O)c1ccccc1CC1CCN(C(=O)CNc2ccccc2[N+](=O)[O-])CC1. The van der Waals surface area contributed by atoms with Gasteiger partial charge in [-0.25, -0.2) is 4.79 Å². The van der Waals surface area contributed by atoms with E-state index in [2.05, 4.69) is 5.32 Å². The zero-order chi connectivity index (χ0) is 20.8. The van der Waals surface area contributed by atoms with E-state index >= 15 is 0 Å². The summed E-state index contributed by atoms with van der Waals surface area (Å²) in [5.74, 6) is -0.704. The van der Waals surface area contributed by atoms with Crippen LogP contribution in [-0.2, 0) is 11.2 Å². The van der Waals surface area contributed by atoms with Crippen molar-refractivity contribution in [3.8, 4) is 0 Å². The van der Waals surface area contributed by atoms with E-state index in [1.54, 1.807) is 35.2 Å². The van der Waals surface area contributed by atoms with E-state index in [-0.39, 0.29) is 18.1 Å². The highest BCUT2D eigenvalue weighted by Gasteiger charge is 2.24. The lowest BCUT2D eigenvalue weighted by atomic mass is 9.88. The number of carbonyl (C=O) groups is 2. The Balaban J connectivity index is 1.51. The van der Waals surface area contributed by atoms with Crippen LogP contribution in [0.5, 0.6) is 0 Å². The monoisotopic (exact) mass is 397 g/mol. The molecule has 0 unspecified atom stereocenters. The first-order valence-electron chi connectivity index (χ1n) is 9.52. The largest absolute Gasteiger partial charge is 0.478 e. The molecule has 2 aromatic rings. The third-order valence-electron chi connectivity index (χ3n) is 5.25. The Hall–Kier alpha value is -3.42. The second kappa shape index (κ2) is 9.18. The van der Waals surface area contributed by atoms with Crippen molar-refractivity contribution in [3.05, 3.63) is 69.8 Å². The number of nitro benzene ring substituents is 1. The van der Waals surface area contributed by atoms with Crippen LogP contribution < -0.4 is 5.32 Å². The predicted molar refractivity (Wildman–Crippen MR) is 108 cm³/mol. The maximum absolute atomic E-state index is 12.5. The Bertz CT molecular complexity index is 907. The van der Waals surface area contributed by atoms with Gasteiger partial charge in [0.2, 0.25) is 5.91 Å². The summed E-state index contributed by atoms with van der Waals surface area (Å²) in [4.78, 5) is 36.2. The molecule has 2 N–H and O–H groups in total. The second-order valence-corrected chi connectivity index (χ2v) is 7.12. The quantitative estimate of drug-likeness (QED) is 0.548. The van der Waals surface area contributed by atoms with E-state index in [0.29, 0.717) is 36.7 Å². The Kier molecular flexibility index (Phi) is 6.43. The van der Waals surface area contributed by atoms with Crippen LogP contribution in [0, 0.1) is 16.0 Å². The molecule has 29 heavy (non-hydrogen) atoms. The van der Waals surface area contributed by atoms with E-state index in [1.807, 2.05) is 12.1 Å². The van der Waals surface area contributed by atoms with Crippen molar-refractivity contribution < 1.29 is 19.6 Å². The fourth-order valence-electron chi connectivity index (χ4n) is 3.67. The first kappa shape index (κ1) is 20.3. The molecule has 0 aromatic heterocycles. The lowest BCUT2D eigenvalue weighted by Gasteiger charge is -2.32. The summed E-state index contributed by atoms with van der Waals surface area (Å²) in [7, 11) is 0. The molecule has 1 aliphatic rings. The van der Waals surface area contributed by atoms with Crippen LogP contribution in [0.3, 0.4) is 0 Å². The number of benzene rings is 2. The molecule has 1 heterocycles. The van der Waals surface area contributed by atoms with Crippen LogP contribution in [0.25, 0.3) is 0 Å². The Labute approximate surface area is 168 Å². The number of hydrogen-bond donors (Lipinski definition) is 2.